The van der Waals surface area contributed by atoms with E-state index >= 15 is 0 Å². The molecule has 2 aliphatic heterocycles. The van der Waals surface area contributed by atoms with Crippen molar-refractivity contribution >= 4 is 11.9 Å². The van der Waals surface area contributed by atoms with Gasteiger partial charge in [-0.25, -0.2) is 0 Å². The molecule has 1 saturated carbocycles. The lowest BCUT2D eigenvalue weighted by molar-refractivity contribution is -0.131. The van der Waals surface area contributed by atoms with E-state index in [1.807, 2.05) is 18.3 Å². The van der Waals surface area contributed by atoms with Gasteiger partial charge in [0.15, 0.2) is 5.96 Å². The Hall–Kier alpha value is -1.95. The number of carbonyl (C=O) groups is 1. The van der Waals surface area contributed by atoms with Gasteiger partial charge in [0.2, 0.25) is 0 Å². The molecule has 6 heteroatoms. The Morgan fingerprint density at radius 2 is 1.97 bits per heavy atom. The van der Waals surface area contributed by atoms with E-state index in [4.69, 9.17) is 5.41 Å². The van der Waals surface area contributed by atoms with Gasteiger partial charge in [-0.15, -0.1) is 0 Å². The van der Waals surface area contributed by atoms with Crippen LogP contribution in [0.2, 0.25) is 0 Å². The van der Waals surface area contributed by atoms with E-state index in [0.717, 1.165) is 63.4 Å². The summed E-state index contributed by atoms with van der Waals surface area (Å²) in [6, 6.07) is 6.10. The molecule has 2 saturated heterocycles. The second-order valence-electron chi connectivity index (χ2n) is 9.73. The lowest BCUT2D eigenvalue weighted by atomic mass is 9.77. The number of likely N-dealkylation sites (tertiary alicyclic amines) is 1. The molecule has 0 spiro atoms. The smallest absolute Gasteiger partial charge is 0.254 e. The summed E-state index contributed by atoms with van der Waals surface area (Å²) in [5.41, 5.74) is 0.531. The van der Waals surface area contributed by atoms with E-state index in [2.05, 4.69) is 21.3 Å². The van der Waals surface area contributed by atoms with Crippen molar-refractivity contribution in [3.8, 4) is 0 Å². The number of likely N-dealkylation sites (N-methyl/N-ethyl adjacent to an activating group) is 1. The Morgan fingerprint density at radius 1 is 1.17 bits per heavy atom. The van der Waals surface area contributed by atoms with Crippen molar-refractivity contribution in [1.82, 2.24) is 20.1 Å². The van der Waals surface area contributed by atoms with E-state index in [0.29, 0.717) is 5.92 Å². The predicted molar refractivity (Wildman–Crippen MR) is 119 cm³/mol. The van der Waals surface area contributed by atoms with Crippen molar-refractivity contribution in [3.63, 3.8) is 0 Å². The van der Waals surface area contributed by atoms with Crippen molar-refractivity contribution < 1.29 is 4.79 Å². The van der Waals surface area contributed by atoms with E-state index in [1.165, 1.54) is 37.0 Å². The number of guanidine groups is 1. The highest BCUT2D eigenvalue weighted by Gasteiger charge is 2.49. The van der Waals surface area contributed by atoms with Crippen LogP contribution < -0.4 is 5.32 Å². The zero-order chi connectivity index (χ0) is 21.0. The lowest BCUT2D eigenvalue weighted by Crippen LogP contribution is -2.50. The number of pyridine rings is 1. The second-order valence-corrected chi connectivity index (χ2v) is 9.73. The van der Waals surface area contributed by atoms with Gasteiger partial charge in [-0.1, -0.05) is 38.2 Å². The van der Waals surface area contributed by atoms with Gasteiger partial charge in [0.25, 0.3) is 5.91 Å². The van der Waals surface area contributed by atoms with E-state index in [-0.39, 0.29) is 11.9 Å². The molecular weight excluding hydrogens is 374 g/mol. The summed E-state index contributed by atoms with van der Waals surface area (Å²) >= 11 is 0. The summed E-state index contributed by atoms with van der Waals surface area (Å²) in [4.78, 5) is 21.7. The van der Waals surface area contributed by atoms with E-state index < -0.39 is 5.54 Å². The summed E-state index contributed by atoms with van der Waals surface area (Å²) in [6.45, 7) is 2.98. The average Bonchev–Trinajstić information content (AvgIpc) is 2.98. The van der Waals surface area contributed by atoms with Gasteiger partial charge in [0, 0.05) is 26.3 Å². The van der Waals surface area contributed by atoms with Crippen molar-refractivity contribution in [3.05, 3.63) is 30.1 Å². The normalized spacial score (nSPS) is 28.7. The number of rotatable bonds is 7. The highest BCUT2D eigenvalue weighted by Crippen LogP contribution is 2.36. The highest BCUT2D eigenvalue weighted by atomic mass is 16.2. The van der Waals surface area contributed by atoms with Crippen LogP contribution in [0.4, 0.5) is 0 Å². The molecule has 1 aromatic heterocycles. The molecule has 3 aliphatic rings. The third kappa shape index (κ3) is 4.85. The molecule has 4 rings (SSSR count). The molecule has 6 nitrogen and oxygen atoms in total. The van der Waals surface area contributed by atoms with Crippen molar-refractivity contribution in [2.75, 3.05) is 20.1 Å². The van der Waals surface area contributed by atoms with Crippen LogP contribution in [0.5, 0.6) is 0 Å². The third-order valence-electron chi connectivity index (χ3n) is 7.46. The van der Waals surface area contributed by atoms with Crippen LogP contribution in [0.25, 0.3) is 0 Å². The highest BCUT2D eigenvalue weighted by molar-refractivity contribution is 6.07. The Morgan fingerprint density at radius 3 is 2.67 bits per heavy atom. The summed E-state index contributed by atoms with van der Waals surface area (Å²) < 4.78 is 0. The minimum Gasteiger partial charge on any atom is -0.342 e. The predicted octanol–water partition coefficient (Wildman–Crippen LogP) is 3.78. The van der Waals surface area contributed by atoms with Gasteiger partial charge in [0.05, 0.1) is 5.69 Å². The maximum atomic E-state index is 13.3. The minimum absolute atomic E-state index is 0.102. The Balaban J connectivity index is 1.41. The standard InChI is InChI=1S/C24H37N5O/c1-28-22(30)24(27-23(28)25,13-12-19-8-3-2-4-9-19)16-20-10-7-15-29(17-20)18-21-11-5-6-14-26-21/h5-6,11,14,19-20H,2-4,7-10,12-13,15-18H2,1H3,(H2,25,27)/t20?,24-/m0/s1. The number of nitrogens with one attached hydrogen (secondary N) is 2. The van der Waals surface area contributed by atoms with Crippen LogP contribution >= 0.6 is 0 Å². The van der Waals surface area contributed by atoms with Crippen LogP contribution in [0, 0.1) is 17.2 Å². The number of hydrogen-bond donors (Lipinski definition) is 2. The average molecular weight is 412 g/mol. The summed E-state index contributed by atoms with van der Waals surface area (Å²) in [7, 11) is 1.74. The maximum absolute atomic E-state index is 13.3. The number of piperidine rings is 1. The molecule has 1 aliphatic carbocycles. The Labute approximate surface area is 180 Å². The van der Waals surface area contributed by atoms with Crippen molar-refractivity contribution in [1.29, 1.82) is 5.41 Å². The molecule has 1 amide bonds. The minimum atomic E-state index is -0.581. The topological polar surface area (TPSA) is 72.3 Å². The van der Waals surface area contributed by atoms with Crippen LogP contribution in [0.15, 0.2) is 24.4 Å². The zero-order valence-electron chi connectivity index (χ0n) is 18.4. The molecule has 2 N–H and O–H groups in total. The zero-order valence-corrected chi connectivity index (χ0v) is 18.4. The molecule has 3 heterocycles. The molecule has 0 radical (unpaired) electrons. The Kier molecular flexibility index (Phi) is 6.71. The lowest BCUT2D eigenvalue weighted by Gasteiger charge is -2.38. The molecule has 1 aromatic rings. The summed E-state index contributed by atoms with van der Waals surface area (Å²) in [6.07, 6.45) is 13.6. The fraction of sp³-hybridized carbons (Fsp3) is 0.708. The van der Waals surface area contributed by atoms with Gasteiger partial charge in [-0.3, -0.25) is 25.0 Å². The van der Waals surface area contributed by atoms with Gasteiger partial charge in [-0.05, 0) is 62.6 Å². The largest absolute Gasteiger partial charge is 0.342 e. The molecule has 164 valence electrons. The fourth-order valence-electron chi connectivity index (χ4n) is 5.80. The molecule has 30 heavy (non-hydrogen) atoms. The molecule has 2 atom stereocenters. The van der Waals surface area contributed by atoms with Crippen molar-refractivity contribution in [2.24, 2.45) is 11.8 Å². The van der Waals surface area contributed by atoms with Gasteiger partial charge >= 0.3 is 0 Å². The number of amides is 1. The van der Waals surface area contributed by atoms with Crippen LogP contribution in [-0.4, -0.2) is 52.3 Å². The van der Waals surface area contributed by atoms with Gasteiger partial charge in [-0.2, -0.15) is 0 Å². The first-order valence-electron chi connectivity index (χ1n) is 11.8. The summed E-state index contributed by atoms with van der Waals surface area (Å²) in [5.74, 6) is 1.59. The van der Waals surface area contributed by atoms with Crippen LogP contribution in [0.3, 0.4) is 0 Å². The number of carbonyl (C=O) groups excluding carboxylic acids is 1. The maximum Gasteiger partial charge on any atom is 0.254 e. The first kappa shape index (κ1) is 21.3. The van der Waals surface area contributed by atoms with Gasteiger partial charge < -0.3 is 5.32 Å². The van der Waals surface area contributed by atoms with E-state index in [1.54, 1.807) is 7.05 Å². The number of nitrogens with zero attached hydrogens (tertiary/aromatic N) is 3. The first-order valence-corrected chi connectivity index (χ1v) is 11.8. The molecule has 0 aromatic carbocycles. The SMILES string of the molecule is CN1C(=N)N[C@@](CCC2CCCCC2)(CC2CCCN(Cc3ccccn3)C2)C1=O. The third-order valence-corrected chi connectivity index (χ3v) is 7.46. The van der Waals surface area contributed by atoms with Gasteiger partial charge in [0.1, 0.15) is 5.54 Å². The summed E-state index contributed by atoms with van der Waals surface area (Å²) in [5, 5.41) is 11.6. The fourth-order valence-corrected chi connectivity index (χ4v) is 5.80. The van der Waals surface area contributed by atoms with Crippen LogP contribution in [-0.2, 0) is 11.3 Å². The molecular formula is C24H37N5O. The number of hydrogen-bond acceptors (Lipinski definition) is 4. The monoisotopic (exact) mass is 411 g/mol. The molecule has 0 bridgehead atoms. The number of aromatic nitrogens is 1. The quantitative estimate of drug-likeness (QED) is 0.716. The Bertz CT molecular complexity index is 732. The molecule has 1 unspecified atom stereocenters. The van der Waals surface area contributed by atoms with Crippen LogP contribution in [0.1, 0.15) is 69.9 Å². The molecule has 3 fully saturated rings. The first-order chi connectivity index (χ1) is 14.6. The second kappa shape index (κ2) is 9.46. The van der Waals surface area contributed by atoms with Crippen molar-refractivity contribution in [2.45, 2.75) is 76.3 Å². The van der Waals surface area contributed by atoms with E-state index in [9.17, 15) is 4.79 Å².